The van der Waals surface area contributed by atoms with Crippen LogP contribution in [0.25, 0.3) is 0 Å². The Kier molecular flexibility index (Phi) is 4.73. The number of rotatable bonds is 0. The molecule has 12 heteroatoms. The summed E-state index contributed by atoms with van der Waals surface area (Å²) in [5.41, 5.74) is -6.06. The Balaban J connectivity index is 2.68. The Hall–Kier alpha value is -4.50. The summed E-state index contributed by atoms with van der Waals surface area (Å²) in [7, 11) is 3.40. The summed E-state index contributed by atoms with van der Waals surface area (Å²) >= 11 is 0. The summed E-state index contributed by atoms with van der Waals surface area (Å²) in [6, 6.07) is 5.99. The maximum Gasteiger partial charge on any atom is 0.360 e. The van der Waals surface area contributed by atoms with Crippen LogP contribution >= 0.6 is 0 Å². The molecule has 136 valence electrons. The minimum Gasteiger partial charge on any atom is -0.247 e. The molecule has 0 N–H and O–H groups in total. The van der Waals surface area contributed by atoms with Crippen LogP contribution in [0.4, 0.5) is 0 Å². The van der Waals surface area contributed by atoms with Gasteiger partial charge in [-0.25, -0.2) is 42.5 Å². The first-order valence-electron chi connectivity index (χ1n) is 6.96. The fraction of sp³-hybridized carbons (Fsp3) is 0.200. The highest BCUT2D eigenvalue weighted by molar-refractivity contribution is 5.26. The molecule has 0 aliphatic rings. The quantitative estimate of drug-likeness (QED) is 0.427. The van der Waals surface area contributed by atoms with Crippen molar-refractivity contribution in [2.45, 2.75) is 0 Å². The maximum atomic E-state index is 12.0. The van der Waals surface area contributed by atoms with Gasteiger partial charge in [0, 0.05) is 51.1 Å². The van der Waals surface area contributed by atoms with E-state index in [4.69, 9.17) is 6.42 Å². The molecule has 0 saturated heterocycles. The normalized spacial score (nSPS) is 9.56. The average Bonchev–Trinajstić information content (AvgIpc) is 2.65. The van der Waals surface area contributed by atoms with E-state index in [0.29, 0.717) is 27.4 Å². The molecular weight excluding hydrogens is 360 g/mol. The first-order chi connectivity index (χ1) is 12.6. The van der Waals surface area contributed by atoms with E-state index in [2.05, 4.69) is 23.9 Å². The van der Waals surface area contributed by atoms with Crippen molar-refractivity contribution in [2.24, 2.45) is 21.1 Å². The van der Waals surface area contributed by atoms with Gasteiger partial charge in [0.15, 0.2) is 0 Å². The molecular formula is C15H10N6O6. The number of hydrogen-bond donors (Lipinski definition) is 0. The molecule has 0 fully saturated rings. The lowest BCUT2D eigenvalue weighted by Gasteiger charge is -2.02. The summed E-state index contributed by atoms with van der Waals surface area (Å²) in [5, 5.41) is 0. The molecule has 27 heavy (non-hydrogen) atoms. The van der Waals surface area contributed by atoms with Crippen LogP contribution in [0.15, 0.2) is 28.8 Å². The number of nitrogens with zero attached hydrogens (tertiary/aromatic N) is 6. The second-order valence-electron chi connectivity index (χ2n) is 4.98. The first-order valence-corrected chi connectivity index (χ1v) is 6.96. The van der Waals surface area contributed by atoms with Gasteiger partial charge in [-0.05, 0) is 0 Å². The van der Waals surface area contributed by atoms with Crippen LogP contribution in [-0.2, 0) is 21.1 Å². The molecule has 2 rings (SSSR count). The summed E-state index contributed by atoms with van der Waals surface area (Å²) in [6.07, 6.45) is 5.05. The van der Waals surface area contributed by atoms with Gasteiger partial charge in [0.1, 0.15) is 0 Å². The molecule has 0 atom stereocenters. The summed E-state index contributed by atoms with van der Waals surface area (Å²) < 4.78 is 2.99. The van der Waals surface area contributed by atoms with Crippen molar-refractivity contribution in [3.63, 3.8) is 0 Å². The minimum atomic E-state index is -1.17. The lowest BCUT2D eigenvalue weighted by Crippen LogP contribution is -2.51. The number of terminal acetylenes is 1. The van der Waals surface area contributed by atoms with E-state index in [9.17, 15) is 28.8 Å². The number of aromatic nitrogens is 6. The van der Waals surface area contributed by atoms with Crippen LogP contribution in [0.3, 0.4) is 0 Å². The van der Waals surface area contributed by atoms with E-state index in [1.54, 1.807) is 6.04 Å². The molecule has 0 spiro atoms. The second kappa shape index (κ2) is 6.78. The molecule has 2 heterocycles. The zero-order valence-corrected chi connectivity index (χ0v) is 14.2. The average molecular weight is 370 g/mol. The zero-order chi connectivity index (χ0) is 20.5. The standard InChI is InChI=1S/C15H10N6O6/c1-5-19-11(23)18(4)14(26)21(15(19)27)9-7-6-8-20-12(24)16(2)10(22)17(3)13(20)25/h1H,2-4H3. The highest BCUT2D eigenvalue weighted by atomic mass is 16.2. The topological polar surface area (TPSA) is 132 Å². The van der Waals surface area contributed by atoms with Gasteiger partial charge in [-0.3, -0.25) is 0 Å². The Morgan fingerprint density at radius 2 is 0.889 bits per heavy atom. The van der Waals surface area contributed by atoms with Crippen molar-refractivity contribution >= 4 is 0 Å². The van der Waals surface area contributed by atoms with Gasteiger partial charge in [-0.1, -0.05) is 6.42 Å². The van der Waals surface area contributed by atoms with Crippen LogP contribution in [0, 0.1) is 36.4 Å². The fourth-order valence-electron chi connectivity index (χ4n) is 1.89. The van der Waals surface area contributed by atoms with Gasteiger partial charge in [0.25, 0.3) is 0 Å². The van der Waals surface area contributed by atoms with Crippen molar-refractivity contribution in [2.75, 3.05) is 0 Å². The molecule has 2 aromatic rings. The van der Waals surface area contributed by atoms with Gasteiger partial charge < -0.3 is 0 Å². The molecule has 12 nitrogen and oxygen atoms in total. The highest BCUT2D eigenvalue weighted by Crippen LogP contribution is 1.67. The summed E-state index contributed by atoms with van der Waals surface area (Å²) in [6.45, 7) is 0. The fourth-order valence-corrected chi connectivity index (χ4v) is 1.89. The van der Waals surface area contributed by atoms with E-state index >= 15 is 0 Å². The van der Waals surface area contributed by atoms with E-state index in [1.807, 2.05) is 0 Å². The van der Waals surface area contributed by atoms with E-state index in [-0.39, 0.29) is 0 Å². The van der Waals surface area contributed by atoms with Crippen LogP contribution in [0.1, 0.15) is 0 Å². The summed E-state index contributed by atoms with van der Waals surface area (Å²) in [5.74, 6) is 4.21. The van der Waals surface area contributed by atoms with Crippen molar-refractivity contribution in [3.8, 4) is 36.4 Å². The van der Waals surface area contributed by atoms with Gasteiger partial charge >= 0.3 is 34.1 Å². The predicted molar refractivity (Wildman–Crippen MR) is 92.0 cm³/mol. The van der Waals surface area contributed by atoms with Crippen LogP contribution in [0.5, 0.6) is 0 Å². The van der Waals surface area contributed by atoms with Crippen molar-refractivity contribution in [3.05, 3.63) is 62.9 Å². The number of hydrogen-bond acceptors (Lipinski definition) is 6. The molecule has 0 amide bonds. The Morgan fingerprint density at radius 3 is 1.30 bits per heavy atom. The van der Waals surface area contributed by atoms with Gasteiger partial charge in [-0.15, -0.1) is 0 Å². The summed E-state index contributed by atoms with van der Waals surface area (Å²) in [4.78, 5) is 70.9. The monoisotopic (exact) mass is 370 g/mol. The minimum absolute atomic E-state index is 0.330. The molecule has 0 bridgehead atoms. The van der Waals surface area contributed by atoms with Crippen molar-refractivity contribution in [1.29, 1.82) is 0 Å². The third kappa shape index (κ3) is 2.97. The third-order valence-electron chi connectivity index (χ3n) is 3.40. The van der Waals surface area contributed by atoms with Crippen molar-refractivity contribution in [1.82, 2.24) is 27.4 Å². The second-order valence-corrected chi connectivity index (χ2v) is 4.98. The molecule has 0 saturated carbocycles. The van der Waals surface area contributed by atoms with Gasteiger partial charge in [0.2, 0.25) is 0 Å². The lowest BCUT2D eigenvalue weighted by atomic mass is 10.6. The first kappa shape index (κ1) is 18.8. The van der Waals surface area contributed by atoms with E-state index < -0.39 is 34.1 Å². The maximum absolute atomic E-state index is 12.0. The largest absolute Gasteiger partial charge is 0.360 e. The van der Waals surface area contributed by atoms with Gasteiger partial charge in [0.05, 0.1) is 0 Å². The third-order valence-corrected chi connectivity index (χ3v) is 3.40. The van der Waals surface area contributed by atoms with Gasteiger partial charge in [-0.2, -0.15) is 13.7 Å². The lowest BCUT2D eigenvalue weighted by molar-refractivity contribution is 0.587. The zero-order valence-electron chi connectivity index (χ0n) is 14.2. The Morgan fingerprint density at radius 1 is 0.556 bits per heavy atom. The van der Waals surface area contributed by atoms with Crippen LogP contribution in [0.2, 0.25) is 0 Å². The molecule has 0 radical (unpaired) electrons. The Labute approximate surface area is 148 Å². The SMILES string of the molecule is C#Cn1c(=O)n(C)c(=O)n(C#CC#Cn2c(=O)n(C)c(=O)n(C)c2=O)c1=O. The molecule has 0 aliphatic heterocycles. The smallest absolute Gasteiger partial charge is 0.247 e. The van der Waals surface area contributed by atoms with Crippen molar-refractivity contribution < 1.29 is 0 Å². The molecule has 0 unspecified atom stereocenters. The molecule has 0 aromatic carbocycles. The van der Waals surface area contributed by atoms with Crippen LogP contribution < -0.4 is 34.1 Å². The molecule has 0 aliphatic carbocycles. The van der Waals surface area contributed by atoms with E-state index in [1.165, 1.54) is 0 Å². The molecule has 2 aromatic heterocycles. The van der Waals surface area contributed by atoms with Crippen LogP contribution in [-0.4, -0.2) is 27.4 Å². The van der Waals surface area contributed by atoms with E-state index in [0.717, 1.165) is 21.1 Å². The predicted octanol–water partition coefficient (Wildman–Crippen LogP) is -4.98. The Bertz CT molecular complexity index is 1450. The highest BCUT2D eigenvalue weighted by Gasteiger charge is 2.10.